The minimum absolute atomic E-state index is 0.0362. The van der Waals surface area contributed by atoms with E-state index in [1.54, 1.807) is 19.4 Å². The fraction of sp³-hybridized carbons (Fsp3) is 0.471. The third kappa shape index (κ3) is 2.82. The van der Waals surface area contributed by atoms with E-state index in [9.17, 15) is 9.59 Å². The lowest BCUT2D eigenvalue weighted by atomic mass is 10.00. The highest BCUT2D eigenvalue weighted by atomic mass is 16.5. The minimum Gasteiger partial charge on any atom is -0.383 e. The van der Waals surface area contributed by atoms with Gasteiger partial charge in [-0.1, -0.05) is 6.07 Å². The Morgan fingerprint density at radius 1 is 1.36 bits per heavy atom. The van der Waals surface area contributed by atoms with E-state index < -0.39 is 0 Å². The molecule has 0 spiro atoms. The maximum absolute atomic E-state index is 12.3. The van der Waals surface area contributed by atoms with Gasteiger partial charge in [0.1, 0.15) is 11.5 Å². The summed E-state index contributed by atoms with van der Waals surface area (Å²) in [4.78, 5) is 33.0. The van der Waals surface area contributed by atoms with Crippen molar-refractivity contribution < 1.29 is 9.53 Å². The molecule has 25 heavy (non-hydrogen) atoms. The molecule has 0 saturated carbocycles. The zero-order valence-corrected chi connectivity index (χ0v) is 14.1. The Kier molecular flexibility index (Phi) is 4.04. The summed E-state index contributed by atoms with van der Waals surface area (Å²) in [5.41, 5.74) is 0.532. The Hall–Kier alpha value is -2.61. The molecule has 2 aliphatic heterocycles. The second-order valence-corrected chi connectivity index (χ2v) is 6.43. The first-order valence-electron chi connectivity index (χ1n) is 8.47. The van der Waals surface area contributed by atoms with E-state index in [4.69, 9.17) is 4.74 Å². The van der Waals surface area contributed by atoms with Gasteiger partial charge in [-0.2, -0.15) is 0 Å². The largest absolute Gasteiger partial charge is 0.383 e. The molecule has 2 aromatic heterocycles. The number of piperidine rings is 1. The van der Waals surface area contributed by atoms with Gasteiger partial charge in [0.25, 0.3) is 5.56 Å². The molecule has 2 atom stereocenters. The van der Waals surface area contributed by atoms with Crippen molar-refractivity contribution >= 4 is 17.5 Å². The fourth-order valence-corrected chi connectivity index (χ4v) is 3.71. The molecule has 4 rings (SSSR count). The molecule has 0 radical (unpaired) electrons. The molecule has 2 aromatic rings. The van der Waals surface area contributed by atoms with Crippen molar-refractivity contribution in [1.82, 2.24) is 19.6 Å². The molecular formula is C17H21N5O3. The summed E-state index contributed by atoms with van der Waals surface area (Å²) in [5.74, 6) is 0.666. The van der Waals surface area contributed by atoms with Crippen LogP contribution in [-0.4, -0.2) is 65.8 Å². The van der Waals surface area contributed by atoms with E-state index in [1.807, 2.05) is 23.1 Å². The van der Waals surface area contributed by atoms with Crippen molar-refractivity contribution in [3.8, 4) is 0 Å². The van der Waals surface area contributed by atoms with Crippen LogP contribution in [0.3, 0.4) is 0 Å². The van der Waals surface area contributed by atoms with Gasteiger partial charge in [0.15, 0.2) is 0 Å². The summed E-state index contributed by atoms with van der Waals surface area (Å²) in [7, 11) is 1.64. The number of fused-ring (bicyclic) bond motifs is 2. The predicted octanol–water partition coefficient (Wildman–Crippen LogP) is 0.313. The van der Waals surface area contributed by atoms with Crippen LogP contribution >= 0.6 is 0 Å². The Labute approximate surface area is 145 Å². The van der Waals surface area contributed by atoms with Crippen LogP contribution in [0.2, 0.25) is 0 Å². The van der Waals surface area contributed by atoms with Crippen molar-refractivity contribution in [2.75, 3.05) is 38.3 Å². The highest BCUT2D eigenvalue weighted by Crippen LogP contribution is 2.25. The van der Waals surface area contributed by atoms with Crippen molar-refractivity contribution in [1.29, 1.82) is 0 Å². The average molecular weight is 343 g/mol. The smallest absolute Gasteiger partial charge is 0.318 e. The van der Waals surface area contributed by atoms with Crippen LogP contribution < -0.4 is 15.8 Å². The first kappa shape index (κ1) is 15.9. The molecule has 2 amide bonds. The minimum atomic E-state index is -0.0973. The number of amides is 2. The highest BCUT2D eigenvalue weighted by molar-refractivity contribution is 5.78. The normalized spacial score (nSPS) is 23.0. The number of urea groups is 1. The topological polar surface area (TPSA) is 79.2 Å². The molecule has 0 bridgehead atoms. The number of nitrogens with one attached hydrogen (secondary N) is 1. The number of pyridine rings is 1. The number of aromatic nitrogens is 2. The van der Waals surface area contributed by atoms with Gasteiger partial charge in [0.2, 0.25) is 0 Å². The molecule has 2 fully saturated rings. The molecular weight excluding hydrogens is 322 g/mol. The molecule has 2 saturated heterocycles. The molecule has 8 nitrogen and oxygen atoms in total. The van der Waals surface area contributed by atoms with Gasteiger partial charge < -0.3 is 19.9 Å². The van der Waals surface area contributed by atoms with Crippen LogP contribution in [0.4, 0.5) is 10.6 Å². The number of carbonyl (C=O) groups excluding carboxylic acids is 1. The highest BCUT2D eigenvalue weighted by Gasteiger charge is 2.42. The number of methoxy groups -OCH3 is 1. The lowest BCUT2D eigenvalue weighted by molar-refractivity contribution is 0.140. The van der Waals surface area contributed by atoms with Crippen LogP contribution in [0, 0.1) is 0 Å². The summed E-state index contributed by atoms with van der Waals surface area (Å²) in [5, 5.41) is 3.04. The molecule has 0 aliphatic carbocycles. The van der Waals surface area contributed by atoms with Gasteiger partial charge in [-0.25, -0.2) is 9.78 Å². The third-order valence-electron chi connectivity index (χ3n) is 4.96. The number of nitrogens with zero attached hydrogens (tertiary/aromatic N) is 4. The number of ether oxygens (including phenoxy) is 1. The van der Waals surface area contributed by atoms with E-state index in [1.165, 1.54) is 4.40 Å². The van der Waals surface area contributed by atoms with Gasteiger partial charge >= 0.3 is 6.03 Å². The number of rotatable bonds is 4. The summed E-state index contributed by atoms with van der Waals surface area (Å²) in [6.07, 6.45) is 2.55. The molecule has 0 unspecified atom stereocenters. The van der Waals surface area contributed by atoms with Gasteiger partial charge in [-0.15, -0.1) is 0 Å². The number of carbonyl (C=O) groups is 1. The van der Waals surface area contributed by atoms with Crippen LogP contribution in [0.1, 0.15) is 6.42 Å². The van der Waals surface area contributed by atoms with E-state index >= 15 is 0 Å². The molecule has 0 aromatic carbocycles. The Balaban J connectivity index is 1.55. The summed E-state index contributed by atoms with van der Waals surface area (Å²) >= 11 is 0. The van der Waals surface area contributed by atoms with E-state index in [0.717, 1.165) is 13.0 Å². The first-order valence-corrected chi connectivity index (χ1v) is 8.47. The van der Waals surface area contributed by atoms with Gasteiger partial charge in [-0.05, 0) is 18.6 Å². The van der Waals surface area contributed by atoms with Crippen LogP contribution in [-0.2, 0) is 4.74 Å². The molecule has 8 heteroatoms. The van der Waals surface area contributed by atoms with Crippen molar-refractivity contribution in [3.63, 3.8) is 0 Å². The van der Waals surface area contributed by atoms with Crippen LogP contribution in [0.25, 0.3) is 5.65 Å². The lowest BCUT2D eigenvalue weighted by Crippen LogP contribution is -2.52. The molecule has 4 heterocycles. The zero-order valence-electron chi connectivity index (χ0n) is 14.1. The molecule has 132 valence electrons. The lowest BCUT2D eigenvalue weighted by Gasteiger charge is -2.37. The quantitative estimate of drug-likeness (QED) is 0.865. The predicted molar refractivity (Wildman–Crippen MR) is 93.0 cm³/mol. The van der Waals surface area contributed by atoms with Crippen LogP contribution in [0.5, 0.6) is 0 Å². The summed E-state index contributed by atoms with van der Waals surface area (Å²) < 4.78 is 6.63. The fourth-order valence-electron chi connectivity index (χ4n) is 3.71. The maximum Gasteiger partial charge on any atom is 0.318 e. The summed E-state index contributed by atoms with van der Waals surface area (Å²) in [6.45, 7) is 2.53. The van der Waals surface area contributed by atoms with Crippen molar-refractivity contribution in [2.24, 2.45) is 0 Å². The number of hydrogen-bond donors (Lipinski definition) is 1. The van der Waals surface area contributed by atoms with E-state index in [2.05, 4.69) is 15.2 Å². The second-order valence-electron chi connectivity index (χ2n) is 6.43. The second kappa shape index (κ2) is 6.36. The van der Waals surface area contributed by atoms with Crippen molar-refractivity contribution in [2.45, 2.75) is 18.5 Å². The number of hydrogen-bond acceptors (Lipinski definition) is 5. The maximum atomic E-state index is 12.3. The Bertz CT molecular complexity index is 852. The third-order valence-corrected chi connectivity index (χ3v) is 4.96. The first-order chi connectivity index (χ1) is 12.2. The summed E-state index contributed by atoms with van der Waals surface area (Å²) in [6, 6.07) is 7.22. The molecule has 1 N–H and O–H groups in total. The van der Waals surface area contributed by atoms with Gasteiger partial charge in [-0.3, -0.25) is 9.20 Å². The van der Waals surface area contributed by atoms with E-state index in [0.29, 0.717) is 31.2 Å². The van der Waals surface area contributed by atoms with E-state index in [-0.39, 0.29) is 23.7 Å². The zero-order chi connectivity index (χ0) is 17.4. The molecule has 2 aliphatic rings. The number of anilines is 1. The Morgan fingerprint density at radius 3 is 3.08 bits per heavy atom. The standard InChI is InChI=1S/C17H21N5O3/c1-25-9-8-21-13-5-7-20(11-12(13)18-17(21)24)15-10-16(23)22-6-3-2-4-14(22)19-15/h2-4,6,10,12-13H,5,7-9,11H2,1H3,(H,18,24)/t12-,13+/m1/s1. The van der Waals surface area contributed by atoms with Crippen molar-refractivity contribution in [3.05, 3.63) is 40.8 Å². The van der Waals surface area contributed by atoms with Gasteiger partial charge in [0.05, 0.1) is 18.7 Å². The SMILES string of the molecule is COCCN1C(=O)N[C@@H]2CN(c3cc(=O)n4ccccc4n3)CC[C@@H]21. The van der Waals surface area contributed by atoms with Crippen LogP contribution in [0.15, 0.2) is 35.3 Å². The van der Waals surface area contributed by atoms with Gasteiger partial charge in [0, 0.05) is 39.0 Å². The Morgan fingerprint density at radius 2 is 2.24 bits per heavy atom. The monoisotopic (exact) mass is 343 g/mol. The average Bonchev–Trinajstić information content (AvgIpc) is 2.94.